The fourth-order valence-corrected chi connectivity index (χ4v) is 4.84. The van der Waals surface area contributed by atoms with E-state index in [1.807, 2.05) is 0 Å². The molecular weight excluding hydrogens is 488 g/mol. The molecule has 30 heavy (non-hydrogen) atoms. The minimum absolute atomic E-state index is 0.291. The van der Waals surface area contributed by atoms with Crippen LogP contribution in [0.2, 0.25) is 0 Å². The second kappa shape index (κ2) is 9.02. The van der Waals surface area contributed by atoms with Crippen LogP contribution in [0, 0.1) is 20.2 Å². The molecule has 4 N–H and O–H groups in total. The summed E-state index contributed by atoms with van der Waals surface area (Å²) in [5, 5.41) is 22.0. The molecule has 2 rings (SSSR count). The van der Waals surface area contributed by atoms with Gasteiger partial charge in [-0.05, 0) is 24.3 Å². The van der Waals surface area contributed by atoms with Crippen LogP contribution in [0.1, 0.15) is 0 Å². The van der Waals surface area contributed by atoms with E-state index in [0.717, 1.165) is 45.9 Å². The van der Waals surface area contributed by atoms with Crippen LogP contribution in [0.4, 0.5) is 22.7 Å². The van der Waals surface area contributed by atoms with E-state index in [1.54, 1.807) is 9.44 Å². The Morgan fingerprint density at radius 2 is 1.07 bits per heavy atom. The van der Waals surface area contributed by atoms with Gasteiger partial charge in [0.15, 0.2) is 0 Å². The number of nitrogens with one attached hydrogen (secondary N) is 2. The average molecular weight is 498 g/mol. The summed E-state index contributed by atoms with van der Waals surface area (Å²) < 4.78 is 64.9. The number of hydrogen-bond acceptors (Lipinski definition) is 10. The van der Waals surface area contributed by atoms with Gasteiger partial charge >= 0.3 is 20.6 Å². The maximum Gasteiger partial charge on any atom is 0.357 e. The molecule has 0 fully saturated rings. The van der Waals surface area contributed by atoms with E-state index < -0.39 is 53.2 Å². The molecule has 0 spiro atoms. The van der Waals surface area contributed by atoms with Gasteiger partial charge in [0.25, 0.3) is 11.4 Å². The zero-order chi connectivity index (χ0) is 22.7. The molecule has 0 aliphatic heterocycles. The molecule has 0 atom stereocenters. The van der Waals surface area contributed by atoms with E-state index in [4.69, 9.17) is 9.11 Å². The molecule has 0 aliphatic carbocycles. The third kappa shape index (κ3) is 7.00. The highest BCUT2D eigenvalue weighted by Crippen LogP contribution is 2.42. The van der Waals surface area contributed by atoms with Crippen LogP contribution in [0.3, 0.4) is 0 Å². The van der Waals surface area contributed by atoms with Crippen molar-refractivity contribution in [2.24, 2.45) is 0 Å². The molecule has 18 heteroatoms. The van der Waals surface area contributed by atoms with Crippen LogP contribution in [0.15, 0.2) is 46.2 Å². The second-order valence-electron chi connectivity index (χ2n) is 5.19. The van der Waals surface area contributed by atoms with Gasteiger partial charge in [-0.15, -0.1) is 0 Å². The molecule has 0 aromatic heterocycles. The van der Waals surface area contributed by atoms with Gasteiger partial charge in [-0.1, -0.05) is 21.6 Å². The first-order valence-electron chi connectivity index (χ1n) is 7.17. The van der Waals surface area contributed by atoms with E-state index in [-0.39, 0.29) is 0 Å². The van der Waals surface area contributed by atoms with Crippen molar-refractivity contribution in [2.75, 3.05) is 9.44 Å². The van der Waals surface area contributed by atoms with E-state index >= 15 is 0 Å². The highest BCUT2D eigenvalue weighted by molar-refractivity contribution is 8.76. The fraction of sp³-hybridized carbons (Fsp3) is 0. The van der Waals surface area contributed by atoms with Crippen molar-refractivity contribution >= 4 is 64.9 Å². The van der Waals surface area contributed by atoms with Crippen molar-refractivity contribution in [3.63, 3.8) is 0 Å². The summed E-state index contributed by atoms with van der Waals surface area (Å²) in [6.45, 7) is 0. The smallest absolute Gasteiger partial charge is 0.269 e. The largest absolute Gasteiger partial charge is 0.357 e. The number of anilines is 2. The van der Waals surface area contributed by atoms with Crippen molar-refractivity contribution in [3.8, 4) is 0 Å². The van der Waals surface area contributed by atoms with Crippen LogP contribution in [0.25, 0.3) is 0 Å². The lowest BCUT2D eigenvalue weighted by Gasteiger charge is -2.08. The van der Waals surface area contributed by atoms with E-state index in [0.29, 0.717) is 9.79 Å². The van der Waals surface area contributed by atoms with Crippen molar-refractivity contribution in [3.05, 3.63) is 56.6 Å². The predicted octanol–water partition coefficient (Wildman–Crippen LogP) is 2.73. The van der Waals surface area contributed by atoms with E-state index in [2.05, 4.69) is 0 Å². The molecule has 2 aromatic carbocycles. The molecule has 0 radical (unpaired) electrons. The van der Waals surface area contributed by atoms with Crippen molar-refractivity contribution < 1.29 is 35.8 Å². The zero-order valence-corrected chi connectivity index (χ0v) is 17.4. The molecule has 2 aromatic rings. The minimum atomic E-state index is -4.78. The summed E-state index contributed by atoms with van der Waals surface area (Å²) in [4.78, 5) is 20.8. The summed E-state index contributed by atoms with van der Waals surface area (Å²) in [7, 11) is -7.67. The standard InChI is InChI=1S/C12H10N4O10S4/c17-15(18)11-3-1-7(5-9(11)13-29(21,22)23)27-28-8-2-4-12(16(19)20)10(6-8)14-30(24,25)26/h1-6,13-14H,(H,21,22,23)(H,24,25,26). The summed E-state index contributed by atoms with van der Waals surface area (Å²) in [6.07, 6.45) is 0. The number of hydrogen-bond donors (Lipinski definition) is 4. The summed E-state index contributed by atoms with van der Waals surface area (Å²) in [6, 6.07) is 6.72. The van der Waals surface area contributed by atoms with Gasteiger partial charge in [0.2, 0.25) is 0 Å². The Kier molecular flexibility index (Phi) is 7.10. The number of nitrogens with zero attached hydrogens (tertiary/aromatic N) is 2. The molecule has 0 heterocycles. The molecule has 162 valence electrons. The van der Waals surface area contributed by atoms with Crippen molar-refractivity contribution in [1.82, 2.24) is 0 Å². The quantitative estimate of drug-likeness (QED) is 0.170. The maximum absolute atomic E-state index is 11.0. The first-order chi connectivity index (χ1) is 13.7. The number of benzene rings is 2. The van der Waals surface area contributed by atoms with Crippen LogP contribution >= 0.6 is 21.6 Å². The van der Waals surface area contributed by atoms with Gasteiger partial charge in [0.05, 0.1) is 9.85 Å². The Balaban J connectivity index is 2.30. The van der Waals surface area contributed by atoms with E-state index in [9.17, 15) is 37.1 Å². The molecule has 0 saturated heterocycles. The summed E-state index contributed by atoms with van der Waals surface area (Å²) in [5.74, 6) is 0. The first-order valence-corrected chi connectivity index (χ1v) is 12.2. The Hall–Kier alpha value is -2.64. The molecule has 14 nitrogen and oxygen atoms in total. The molecule has 0 aliphatic rings. The highest BCUT2D eigenvalue weighted by Gasteiger charge is 2.20. The molecule has 0 amide bonds. The van der Waals surface area contributed by atoms with Crippen molar-refractivity contribution in [2.45, 2.75) is 9.79 Å². The van der Waals surface area contributed by atoms with Gasteiger partial charge in [0.1, 0.15) is 11.4 Å². The van der Waals surface area contributed by atoms with Gasteiger partial charge in [-0.2, -0.15) is 16.8 Å². The third-order valence-corrected chi connectivity index (χ3v) is 6.38. The number of nitro groups is 2. The summed E-state index contributed by atoms with van der Waals surface area (Å²) in [5.41, 5.74) is -2.22. The monoisotopic (exact) mass is 498 g/mol. The summed E-state index contributed by atoms with van der Waals surface area (Å²) >= 11 is 0. The fourth-order valence-electron chi connectivity index (χ4n) is 1.99. The average Bonchev–Trinajstić information content (AvgIpc) is 2.56. The molecule has 0 bridgehead atoms. The lowest BCUT2D eigenvalue weighted by atomic mass is 10.3. The zero-order valence-electron chi connectivity index (χ0n) is 14.2. The Labute approximate surface area is 176 Å². The van der Waals surface area contributed by atoms with Gasteiger partial charge < -0.3 is 0 Å². The Bertz CT molecular complexity index is 1120. The number of rotatable bonds is 9. The highest BCUT2D eigenvalue weighted by atomic mass is 33.1. The third-order valence-electron chi connectivity index (χ3n) is 3.04. The Morgan fingerprint density at radius 1 is 0.733 bits per heavy atom. The van der Waals surface area contributed by atoms with Crippen LogP contribution in [-0.4, -0.2) is 35.8 Å². The van der Waals surface area contributed by atoms with Gasteiger partial charge in [-0.3, -0.25) is 38.8 Å². The van der Waals surface area contributed by atoms with Gasteiger partial charge in [0, 0.05) is 21.9 Å². The lowest BCUT2D eigenvalue weighted by molar-refractivity contribution is -0.384. The lowest BCUT2D eigenvalue weighted by Crippen LogP contribution is -2.12. The second-order valence-corrected chi connectivity index (χ2v) is 9.78. The first kappa shape index (κ1) is 23.6. The van der Waals surface area contributed by atoms with Crippen molar-refractivity contribution in [1.29, 1.82) is 0 Å². The SMILES string of the molecule is O=[N+]([O-])c1ccc(SSc2ccc([N+](=O)[O-])c(NS(=O)(=O)O)c2)cc1NS(=O)(=O)O. The van der Waals surface area contributed by atoms with Crippen LogP contribution in [-0.2, 0) is 20.6 Å². The maximum atomic E-state index is 11.0. The normalized spacial score (nSPS) is 11.7. The molecular formula is C12H10N4O10S4. The van der Waals surface area contributed by atoms with Gasteiger partial charge in [-0.25, -0.2) is 0 Å². The van der Waals surface area contributed by atoms with Crippen LogP contribution < -0.4 is 9.44 Å². The molecule has 0 unspecified atom stereocenters. The Morgan fingerprint density at radius 3 is 1.33 bits per heavy atom. The molecule has 0 saturated carbocycles. The predicted molar refractivity (Wildman–Crippen MR) is 108 cm³/mol. The minimum Gasteiger partial charge on any atom is -0.269 e. The van der Waals surface area contributed by atoms with E-state index in [1.165, 1.54) is 12.1 Å². The topological polar surface area (TPSA) is 219 Å². The number of nitro benzene ring substituents is 2. The van der Waals surface area contributed by atoms with Crippen LogP contribution in [0.5, 0.6) is 0 Å².